The SMILES string of the molecule is CC(=O)[C@]12C[C@H]1[C@](C)(c1cc(Nc3ncnc4cc(C#N)cnc34)cc(F)c1F)N=C(N)S2. The molecule has 0 radical (unpaired) electrons. The fraction of sp³-hybridized carbons (Fsp3) is 0.273. The van der Waals surface area contributed by atoms with E-state index in [4.69, 9.17) is 11.0 Å². The average molecular weight is 465 g/mol. The molecule has 0 bridgehead atoms. The smallest absolute Gasteiger partial charge is 0.164 e. The van der Waals surface area contributed by atoms with Gasteiger partial charge in [0.1, 0.15) is 23.7 Å². The van der Waals surface area contributed by atoms with Gasteiger partial charge in [0.15, 0.2) is 22.6 Å². The lowest BCUT2D eigenvalue weighted by Crippen LogP contribution is -2.38. The van der Waals surface area contributed by atoms with Crippen molar-refractivity contribution in [3.8, 4) is 6.07 Å². The number of carbonyl (C=O) groups is 1. The van der Waals surface area contributed by atoms with Crippen LogP contribution in [-0.4, -0.2) is 30.6 Å². The van der Waals surface area contributed by atoms with Crippen LogP contribution in [-0.2, 0) is 10.3 Å². The fourth-order valence-electron chi connectivity index (χ4n) is 4.50. The van der Waals surface area contributed by atoms with E-state index in [1.807, 2.05) is 6.07 Å². The molecule has 3 atom stereocenters. The Labute approximate surface area is 191 Å². The minimum atomic E-state index is -1.21. The number of hydrogen-bond acceptors (Lipinski definition) is 9. The Morgan fingerprint density at radius 1 is 1.30 bits per heavy atom. The highest BCUT2D eigenvalue weighted by Gasteiger charge is 2.69. The number of hydrogen-bond donors (Lipinski definition) is 2. The van der Waals surface area contributed by atoms with E-state index in [9.17, 15) is 9.18 Å². The van der Waals surface area contributed by atoms with Gasteiger partial charge in [-0.05, 0) is 32.4 Å². The first-order valence-corrected chi connectivity index (χ1v) is 10.8. The van der Waals surface area contributed by atoms with Crippen LogP contribution in [0.3, 0.4) is 0 Å². The van der Waals surface area contributed by atoms with Crippen molar-refractivity contribution < 1.29 is 13.6 Å². The third kappa shape index (κ3) is 3.21. The van der Waals surface area contributed by atoms with Gasteiger partial charge in [0, 0.05) is 29.4 Å². The monoisotopic (exact) mass is 465 g/mol. The molecule has 1 fully saturated rings. The van der Waals surface area contributed by atoms with Crippen LogP contribution >= 0.6 is 11.8 Å². The lowest BCUT2D eigenvalue weighted by atomic mass is 9.85. The predicted molar refractivity (Wildman–Crippen MR) is 120 cm³/mol. The van der Waals surface area contributed by atoms with E-state index in [0.717, 1.165) is 6.07 Å². The molecule has 8 nitrogen and oxygen atoms in total. The van der Waals surface area contributed by atoms with Gasteiger partial charge in [0.05, 0.1) is 21.4 Å². The molecule has 3 N–H and O–H groups in total. The zero-order chi connectivity index (χ0) is 23.5. The molecule has 11 heteroatoms. The zero-order valence-electron chi connectivity index (χ0n) is 17.6. The van der Waals surface area contributed by atoms with Gasteiger partial charge < -0.3 is 11.1 Å². The number of aromatic nitrogens is 3. The number of aliphatic imine (C=N–C) groups is 1. The van der Waals surface area contributed by atoms with Crippen molar-refractivity contribution in [1.82, 2.24) is 15.0 Å². The first-order chi connectivity index (χ1) is 15.7. The Hall–Kier alpha value is -3.65. The van der Waals surface area contributed by atoms with E-state index in [1.165, 1.54) is 37.3 Å². The maximum absolute atomic E-state index is 15.1. The summed E-state index contributed by atoms with van der Waals surface area (Å²) >= 11 is 1.19. The Bertz CT molecular complexity index is 1420. The highest BCUT2D eigenvalue weighted by atomic mass is 32.2. The molecular weight excluding hydrogens is 448 g/mol. The largest absolute Gasteiger partial charge is 0.378 e. The first-order valence-electron chi connectivity index (χ1n) is 10.0. The summed E-state index contributed by atoms with van der Waals surface area (Å²) < 4.78 is 29.0. The number of halogens is 2. The summed E-state index contributed by atoms with van der Waals surface area (Å²) in [4.78, 5) is 29.2. The van der Waals surface area contributed by atoms with Crippen LogP contribution < -0.4 is 11.1 Å². The van der Waals surface area contributed by atoms with E-state index in [1.54, 1.807) is 13.0 Å². The topological polar surface area (TPSA) is 130 Å². The number of Topliss-reactive ketones (excluding diaryl/α,β-unsaturated/α-hetero) is 1. The summed E-state index contributed by atoms with van der Waals surface area (Å²) in [6.07, 6.45) is 3.14. The molecule has 166 valence electrons. The van der Waals surface area contributed by atoms with Crippen LogP contribution in [0.15, 0.2) is 35.7 Å². The number of nitrogens with zero attached hydrogens (tertiary/aromatic N) is 5. The number of nitrogens with one attached hydrogen (secondary N) is 1. The summed E-state index contributed by atoms with van der Waals surface area (Å²) in [5, 5.41) is 12.2. The molecule has 5 rings (SSSR count). The number of benzene rings is 1. The summed E-state index contributed by atoms with van der Waals surface area (Å²) in [5.41, 5.74) is 6.13. The zero-order valence-corrected chi connectivity index (χ0v) is 18.4. The second-order valence-corrected chi connectivity index (χ2v) is 9.62. The molecule has 1 saturated carbocycles. The molecule has 33 heavy (non-hydrogen) atoms. The maximum Gasteiger partial charge on any atom is 0.164 e. The van der Waals surface area contributed by atoms with E-state index in [2.05, 4.69) is 25.3 Å². The third-order valence-electron chi connectivity index (χ3n) is 6.25. The minimum absolute atomic E-state index is 0.000498. The van der Waals surface area contributed by atoms with Crippen molar-refractivity contribution in [1.29, 1.82) is 5.26 Å². The van der Waals surface area contributed by atoms with Crippen LogP contribution in [0.25, 0.3) is 11.0 Å². The van der Waals surface area contributed by atoms with E-state index >= 15 is 4.39 Å². The van der Waals surface area contributed by atoms with Gasteiger partial charge in [-0.25, -0.2) is 23.7 Å². The van der Waals surface area contributed by atoms with Gasteiger partial charge in [-0.1, -0.05) is 11.8 Å². The predicted octanol–water partition coefficient (Wildman–Crippen LogP) is 3.54. The van der Waals surface area contributed by atoms with Crippen molar-refractivity contribution in [2.75, 3.05) is 5.32 Å². The molecule has 0 spiro atoms. The number of ketones is 1. The van der Waals surface area contributed by atoms with Crippen molar-refractivity contribution in [3.05, 3.63) is 53.5 Å². The number of anilines is 2. The van der Waals surface area contributed by atoms with Crippen molar-refractivity contribution in [2.45, 2.75) is 30.6 Å². The van der Waals surface area contributed by atoms with Crippen LogP contribution in [0.5, 0.6) is 0 Å². The number of nitriles is 1. The second kappa shape index (κ2) is 7.18. The van der Waals surface area contributed by atoms with Gasteiger partial charge in [0.2, 0.25) is 0 Å². The van der Waals surface area contributed by atoms with Crippen molar-refractivity contribution in [2.24, 2.45) is 16.6 Å². The molecule has 2 aliphatic rings. The van der Waals surface area contributed by atoms with E-state index in [0.29, 0.717) is 23.0 Å². The number of fused-ring (bicyclic) bond motifs is 2. The number of pyridine rings is 1. The van der Waals surface area contributed by atoms with Crippen LogP contribution in [0.4, 0.5) is 20.3 Å². The van der Waals surface area contributed by atoms with Gasteiger partial charge in [-0.15, -0.1) is 0 Å². The lowest BCUT2D eigenvalue weighted by Gasteiger charge is -2.33. The first kappa shape index (κ1) is 21.2. The Morgan fingerprint density at radius 3 is 2.82 bits per heavy atom. The van der Waals surface area contributed by atoms with Gasteiger partial charge >= 0.3 is 0 Å². The van der Waals surface area contributed by atoms with E-state index in [-0.39, 0.29) is 33.9 Å². The average Bonchev–Trinajstić information content (AvgIpc) is 3.53. The minimum Gasteiger partial charge on any atom is -0.378 e. The second-order valence-electron chi connectivity index (χ2n) is 8.27. The standard InChI is InChI=1S/C22H17F2N7OS/c1-10(32)22-6-16(22)21(2,31-20(26)33-22)13-4-12(5-14(23)17(13)24)30-19-18-15(28-9-29-19)3-11(7-25)8-27-18/h3-5,8-9,16H,6H2,1-2H3,(H2,26,31)(H,28,29,30)/t16-,21-,22+/m0/s1. The number of nitrogens with two attached hydrogens (primary N) is 1. The summed E-state index contributed by atoms with van der Waals surface area (Å²) in [5.74, 6) is -2.23. The molecule has 1 aromatic carbocycles. The molecule has 0 amide bonds. The van der Waals surface area contributed by atoms with Crippen molar-refractivity contribution in [3.63, 3.8) is 0 Å². The molecular formula is C22H17F2N7OS. The molecule has 1 aliphatic carbocycles. The highest BCUT2D eigenvalue weighted by molar-refractivity contribution is 8.15. The molecule has 3 heterocycles. The van der Waals surface area contributed by atoms with Crippen molar-refractivity contribution >= 4 is 45.3 Å². The van der Waals surface area contributed by atoms with E-state index < -0.39 is 21.9 Å². The van der Waals surface area contributed by atoms with Crippen LogP contribution in [0.2, 0.25) is 0 Å². The number of rotatable bonds is 4. The van der Waals surface area contributed by atoms with Gasteiger partial charge in [0.25, 0.3) is 0 Å². The normalized spacial score (nSPS) is 25.7. The Kier molecular flexibility index (Phi) is 4.61. The summed E-state index contributed by atoms with van der Waals surface area (Å²) in [7, 11) is 0. The molecule has 2 aromatic heterocycles. The van der Waals surface area contributed by atoms with Crippen LogP contribution in [0.1, 0.15) is 31.4 Å². The number of carbonyl (C=O) groups excluding carboxylic acids is 1. The lowest BCUT2D eigenvalue weighted by molar-refractivity contribution is -0.117. The molecule has 0 saturated heterocycles. The molecule has 3 aromatic rings. The fourth-order valence-corrected chi connectivity index (χ4v) is 5.87. The summed E-state index contributed by atoms with van der Waals surface area (Å²) in [6.45, 7) is 3.15. The molecule has 1 aliphatic heterocycles. The molecule has 0 unspecified atom stereocenters. The summed E-state index contributed by atoms with van der Waals surface area (Å²) in [6, 6.07) is 6.00. The Morgan fingerprint density at radius 2 is 2.09 bits per heavy atom. The number of thioether (sulfide) groups is 1. The quantitative estimate of drug-likeness (QED) is 0.598. The number of amidine groups is 1. The maximum atomic E-state index is 15.1. The van der Waals surface area contributed by atoms with Crippen LogP contribution in [0, 0.1) is 28.9 Å². The third-order valence-corrected chi connectivity index (χ3v) is 7.66. The van der Waals surface area contributed by atoms with Gasteiger partial charge in [-0.2, -0.15) is 5.26 Å². The Balaban J connectivity index is 1.59. The highest BCUT2D eigenvalue weighted by Crippen LogP contribution is 2.66. The van der Waals surface area contributed by atoms with Gasteiger partial charge in [-0.3, -0.25) is 9.79 Å².